The minimum atomic E-state index is -0.106. The summed E-state index contributed by atoms with van der Waals surface area (Å²) in [7, 11) is 0. The van der Waals surface area contributed by atoms with Crippen LogP contribution >= 0.6 is 11.6 Å². The van der Waals surface area contributed by atoms with Crippen molar-refractivity contribution < 1.29 is 5.11 Å². The van der Waals surface area contributed by atoms with E-state index in [9.17, 15) is 0 Å². The van der Waals surface area contributed by atoms with E-state index in [0.717, 1.165) is 0 Å². The summed E-state index contributed by atoms with van der Waals surface area (Å²) in [5, 5.41) is 9.01. The molecule has 1 aromatic heterocycles. The van der Waals surface area contributed by atoms with Gasteiger partial charge in [0.15, 0.2) is 0 Å². The number of aliphatic hydroxyl groups is 1. The molecule has 0 atom stereocenters. The molecule has 0 unspecified atom stereocenters. The molecule has 0 saturated carbocycles. The van der Waals surface area contributed by atoms with Gasteiger partial charge in [0.05, 0.1) is 11.6 Å². The molecule has 3 nitrogen and oxygen atoms in total. The predicted molar refractivity (Wildman–Crippen MR) is 39.6 cm³/mol. The molecule has 1 heterocycles. The van der Waals surface area contributed by atoms with Crippen LogP contribution in [0.25, 0.3) is 0 Å². The van der Waals surface area contributed by atoms with E-state index in [4.69, 9.17) is 22.4 Å². The Kier molecular flexibility index (Phi) is 2.09. The second-order valence-corrected chi connectivity index (χ2v) is 2.21. The summed E-state index contributed by atoms with van der Waals surface area (Å²) in [6.45, 7) is -0.106. The number of halogens is 1. The maximum absolute atomic E-state index is 8.68. The number of nitrogens with two attached hydrogens (primary N) is 1. The molecule has 0 spiro atoms. The van der Waals surface area contributed by atoms with E-state index >= 15 is 0 Å². The van der Waals surface area contributed by atoms with Crippen LogP contribution in [0.2, 0.25) is 5.02 Å². The van der Waals surface area contributed by atoms with Crippen LogP contribution in [-0.2, 0) is 6.61 Å². The van der Waals surface area contributed by atoms with Crippen molar-refractivity contribution >= 4 is 17.4 Å². The van der Waals surface area contributed by atoms with E-state index in [1.54, 1.807) is 6.07 Å². The molecule has 4 heteroatoms. The Morgan fingerprint density at radius 3 is 2.90 bits per heavy atom. The second kappa shape index (κ2) is 2.86. The summed E-state index contributed by atoms with van der Waals surface area (Å²) in [6, 6.07) is 1.62. The lowest BCUT2D eigenvalue weighted by Crippen LogP contribution is -1.94. The minimum Gasteiger partial charge on any atom is -0.392 e. The zero-order valence-corrected chi connectivity index (χ0v) is 5.97. The van der Waals surface area contributed by atoms with Crippen molar-refractivity contribution in [2.45, 2.75) is 6.61 Å². The van der Waals surface area contributed by atoms with E-state index < -0.39 is 0 Å². The summed E-state index contributed by atoms with van der Waals surface area (Å²) in [5.41, 5.74) is 5.95. The molecular formula is C6H7ClN2O. The number of aromatic nitrogens is 1. The third kappa shape index (κ3) is 1.20. The second-order valence-electron chi connectivity index (χ2n) is 1.83. The highest BCUT2D eigenvalue weighted by Gasteiger charge is 2.01. The fraction of sp³-hybridized carbons (Fsp3) is 0.167. The first kappa shape index (κ1) is 7.31. The zero-order chi connectivity index (χ0) is 7.56. The van der Waals surface area contributed by atoms with Crippen LogP contribution in [0.5, 0.6) is 0 Å². The topological polar surface area (TPSA) is 59.1 Å². The Labute approximate surface area is 63.5 Å². The van der Waals surface area contributed by atoms with Gasteiger partial charge in [-0.05, 0) is 6.07 Å². The SMILES string of the molecule is Nc1nccc(CO)c1Cl. The molecule has 0 aliphatic heterocycles. The molecule has 0 amide bonds. The number of pyridine rings is 1. The molecule has 3 N–H and O–H groups in total. The number of nitrogen functional groups attached to an aromatic ring is 1. The molecular weight excluding hydrogens is 152 g/mol. The van der Waals surface area contributed by atoms with Gasteiger partial charge < -0.3 is 10.8 Å². The summed E-state index contributed by atoms with van der Waals surface area (Å²) < 4.78 is 0. The Bertz CT molecular complexity index is 239. The highest BCUT2D eigenvalue weighted by molar-refractivity contribution is 6.33. The Morgan fingerprint density at radius 1 is 1.70 bits per heavy atom. The molecule has 54 valence electrons. The Balaban J connectivity index is 3.14. The maximum Gasteiger partial charge on any atom is 0.142 e. The number of hydrogen-bond acceptors (Lipinski definition) is 3. The van der Waals surface area contributed by atoms with E-state index in [2.05, 4.69) is 4.98 Å². The summed E-state index contributed by atoms with van der Waals surface area (Å²) in [6.07, 6.45) is 1.51. The molecule has 0 aliphatic carbocycles. The van der Waals surface area contributed by atoms with Crippen LogP contribution < -0.4 is 5.73 Å². The molecule has 1 aromatic rings. The van der Waals surface area contributed by atoms with Gasteiger partial charge in [0.1, 0.15) is 5.82 Å². The smallest absolute Gasteiger partial charge is 0.142 e. The minimum absolute atomic E-state index is 0.106. The highest BCUT2D eigenvalue weighted by atomic mass is 35.5. The molecule has 0 fully saturated rings. The van der Waals surface area contributed by atoms with E-state index in [1.165, 1.54) is 6.20 Å². The van der Waals surface area contributed by atoms with E-state index in [0.29, 0.717) is 10.6 Å². The van der Waals surface area contributed by atoms with Crippen LogP contribution in [0.1, 0.15) is 5.56 Å². The van der Waals surface area contributed by atoms with Crippen molar-refractivity contribution in [3.63, 3.8) is 0 Å². The normalized spacial score (nSPS) is 9.80. The van der Waals surface area contributed by atoms with Gasteiger partial charge in [-0.3, -0.25) is 0 Å². The standard InChI is InChI=1S/C6H7ClN2O/c7-5-4(3-10)1-2-9-6(5)8/h1-2,10H,3H2,(H2,8,9). The van der Waals surface area contributed by atoms with Gasteiger partial charge in [-0.15, -0.1) is 0 Å². The van der Waals surface area contributed by atoms with Crippen molar-refractivity contribution in [2.75, 3.05) is 5.73 Å². The number of aliphatic hydroxyl groups excluding tert-OH is 1. The average molecular weight is 159 g/mol. The van der Waals surface area contributed by atoms with Crippen molar-refractivity contribution in [3.8, 4) is 0 Å². The number of rotatable bonds is 1. The lowest BCUT2D eigenvalue weighted by atomic mass is 10.3. The monoisotopic (exact) mass is 158 g/mol. The van der Waals surface area contributed by atoms with E-state index in [-0.39, 0.29) is 12.4 Å². The average Bonchev–Trinajstić information content (AvgIpc) is 1.95. The summed E-state index contributed by atoms with van der Waals surface area (Å²) in [5.74, 6) is 0.258. The Morgan fingerprint density at radius 2 is 2.40 bits per heavy atom. The summed E-state index contributed by atoms with van der Waals surface area (Å²) >= 11 is 5.65. The number of hydrogen-bond donors (Lipinski definition) is 2. The Hall–Kier alpha value is -0.800. The maximum atomic E-state index is 8.68. The zero-order valence-electron chi connectivity index (χ0n) is 5.21. The molecule has 10 heavy (non-hydrogen) atoms. The van der Waals surface area contributed by atoms with Crippen LogP contribution in [-0.4, -0.2) is 10.1 Å². The third-order valence-electron chi connectivity index (χ3n) is 1.17. The molecule has 0 aromatic carbocycles. The first-order chi connectivity index (χ1) is 4.75. The number of anilines is 1. The molecule has 0 bridgehead atoms. The van der Waals surface area contributed by atoms with Crippen molar-refractivity contribution in [3.05, 3.63) is 22.8 Å². The summed E-state index contributed by atoms with van der Waals surface area (Å²) in [4.78, 5) is 3.72. The largest absolute Gasteiger partial charge is 0.392 e. The van der Waals surface area contributed by atoms with Gasteiger partial charge in [-0.1, -0.05) is 11.6 Å². The van der Waals surface area contributed by atoms with E-state index in [1.807, 2.05) is 0 Å². The number of nitrogens with zero attached hydrogens (tertiary/aromatic N) is 1. The molecule has 0 saturated heterocycles. The van der Waals surface area contributed by atoms with Crippen LogP contribution in [0, 0.1) is 0 Å². The van der Waals surface area contributed by atoms with Crippen molar-refractivity contribution in [1.29, 1.82) is 0 Å². The van der Waals surface area contributed by atoms with Gasteiger partial charge >= 0.3 is 0 Å². The van der Waals surface area contributed by atoms with Gasteiger partial charge in [0.25, 0.3) is 0 Å². The van der Waals surface area contributed by atoms with Gasteiger partial charge in [-0.2, -0.15) is 0 Å². The molecule has 1 rings (SSSR count). The lowest BCUT2D eigenvalue weighted by molar-refractivity contribution is 0.282. The highest BCUT2D eigenvalue weighted by Crippen LogP contribution is 2.19. The predicted octanol–water partition coefficient (Wildman–Crippen LogP) is 0.809. The third-order valence-corrected chi connectivity index (χ3v) is 1.60. The van der Waals surface area contributed by atoms with Crippen molar-refractivity contribution in [2.24, 2.45) is 0 Å². The van der Waals surface area contributed by atoms with Crippen LogP contribution in [0.15, 0.2) is 12.3 Å². The van der Waals surface area contributed by atoms with Crippen LogP contribution in [0.4, 0.5) is 5.82 Å². The van der Waals surface area contributed by atoms with Gasteiger partial charge in [0.2, 0.25) is 0 Å². The fourth-order valence-corrected chi connectivity index (χ4v) is 0.796. The lowest BCUT2D eigenvalue weighted by Gasteiger charge is -2.00. The quantitative estimate of drug-likeness (QED) is 0.636. The van der Waals surface area contributed by atoms with Gasteiger partial charge in [0, 0.05) is 11.8 Å². The first-order valence-electron chi connectivity index (χ1n) is 2.75. The van der Waals surface area contributed by atoms with Crippen LogP contribution in [0.3, 0.4) is 0 Å². The van der Waals surface area contributed by atoms with Gasteiger partial charge in [-0.25, -0.2) is 4.98 Å². The van der Waals surface area contributed by atoms with Crippen molar-refractivity contribution in [1.82, 2.24) is 4.98 Å². The molecule has 0 aliphatic rings. The first-order valence-corrected chi connectivity index (χ1v) is 3.13. The fourth-order valence-electron chi connectivity index (χ4n) is 0.624. The molecule has 0 radical (unpaired) electrons.